The number of rotatable bonds is 6. The van der Waals surface area contributed by atoms with Crippen molar-refractivity contribution < 1.29 is 8.37 Å². The Bertz CT molecular complexity index is 978. The van der Waals surface area contributed by atoms with Crippen LogP contribution in [-0.4, -0.2) is 26.4 Å². The van der Waals surface area contributed by atoms with E-state index in [2.05, 4.69) is 15.1 Å². The number of hydrogen-bond donors (Lipinski definition) is 1. The molecule has 0 spiro atoms. The molecular formula is C17H18N4O3S. The van der Waals surface area contributed by atoms with E-state index in [0.29, 0.717) is 35.1 Å². The highest BCUT2D eigenvalue weighted by Gasteiger charge is 2.26. The molecule has 7 nitrogen and oxygen atoms in total. The fourth-order valence-electron chi connectivity index (χ4n) is 2.68. The Labute approximate surface area is 148 Å². The van der Waals surface area contributed by atoms with Crippen molar-refractivity contribution in [2.45, 2.75) is 32.6 Å². The number of H-pyrrole nitrogens is 1. The van der Waals surface area contributed by atoms with E-state index in [1.165, 1.54) is 4.68 Å². The minimum absolute atomic E-state index is 0.205. The van der Waals surface area contributed by atoms with Gasteiger partial charge in [-0.2, -0.15) is 4.68 Å². The van der Waals surface area contributed by atoms with Crippen molar-refractivity contribution in [3.05, 3.63) is 46.0 Å². The lowest BCUT2D eigenvalue weighted by molar-refractivity contribution is 0.368. The lowest BCUT2D eigenvalue weighted by Gasteiger charge is -2.10. The van der Waals surface area contributed by atoms with Gasteiger partial charge < -0.3 is 4.18 Å². The van der Waals surface area contributed by atoms with Gasteiger partial charge >= 0.3 is 0 Å². The van der Waals surface area contributed by atoms with E-state index in [0.717, 1.165) is 36.3 Å². The minimum atomic E-state index is -0.205. The topological polar surface area (TPSA) is 82.0 Å². The molecule has 0 aromatic carbocycles. The minimum Gasteiger partial charge on any atom is -0.396 e. The van der Waals surface area contributed by atoms with Gasteiger partial charge in [-0.1, -0.05) is 0 Å². The quantitative estimate of drug-likeness (QED) is 0.538. The molecule has 1 aliphatic rings. The maximum Gasteiger partial charge on any atom is 0.282 e. The predicted octanol–water partition coefficient (Wildman–Crippen LogP) is 3.27. The molecule has 8 heteroatoms. The molecule has 1 saturated carbocycles. The van der Waals surface area contributed by atoms with Gasteiger partial charge in [0.05, 0.1) is 12.0 Å². The van der Waals surface area contributed by atoms with Crippen molar-refractivity contribution >= 4 is 23.4 Å². The molecule has 1 aliphatic carbocycles. The summed E-state index contributed by atoms with van der Waals surface area (Å²) in [6.07, 6.45) is 5.85. The molecule has 0 atom stereocenters. The van der Waals surface area contributed by atoms with Gasteiger partial charge in [-0.15, -0.1) is 0 Å². The average molecular weight is 358 g/mol. The number of hydrogen-bond acceptors (Lipinski definition) is 6. The van der Waals surface area contributed by atoms with Crippen molar-refractivity contribution in [1.29, 1.82) is 0 Å². The van der Waals surface area contributed by atoms with Crippen molar-refractivity contribution in [3.63, 3.8) is 0 Å². The summed E-state index contributed by atoms with van der Waals surface area (Å²) in [7, 11) is 0. The largest absolute Gasteiger partial charge is 0.396 e. The van der Waals surface area contributed by atoms with E-state index in [9.17, 15) is 4.79 Å². The molecule has 25 heavy (non-hydrogen) atoms. The molecule has 1 fully saturated rings. The first kappa shape index (κ1) is 16.2. The van der Waals surface area contributed by atoms with Crippen LogP contribution < -0.4 is 9.74 Å². The third-order valence-electron chi connectivity index (χ3n) is 4.08. The van der Waals surface area contributed by atoms with Crippen LogP contribution in [0.3, 0.4) is 0 Å². The Balaban J connectivity index is 1.80. The predicted molar refractivity (Wildman–Crippen MR) is 96.0 cm³/mol. The summed E-state index contributed by atoms with van der Waals surface area (Å²) in [5, 5.41) is 3.53. The number of aryl methyl sites for hydroxylation is 1. The molecule has 1 N–H and O–H groups in total. The van der Waals surface area contributed by atoms with Gasteiger partial charge in [0.1, 0.15) is 0 Å². The van der Waals surface area contributed by atoms with Gasteiger partial charge in [0.25, 0.3) is 5.56 Å². The molecule has 3 aromatic rings. The summed E-state index contributed by atoms with van der Waals surface area (Å²) >= 11 is 0.886. The van der Waals surface area contributed by atoms with E-state index in [4.69, 9.17) is 8.37 Å². The first-order valence-corrected chi connectivity index (χ1v) is 8.88. The molecule has 3 aromatic heterocycles. The summed E-state index contributed by atoms with van der Waals surface area (Å²) in [6, 6.07) is 3.74. The fraction of sp³-hybridized carbons (Fsp3) is 0.353. The highest BCUT2D eigenvalue weighted by molar-refractivity contribution is 7.90. The summed E-state index contributed by atoms with van der Waals surface area (Å²) in [6.45, 7) is 4.30. The standard InChI is InChI=1S/C17H18N4O3S/c1-3-23-25-24-14-7-12(11-4-5-11)9-19-16(14)21-17(22)13-6-10(2)8-18-15(13)20-21/h6-9,11H,3-5H2,1-2H3,(H,18,20). The fourth-order valence-corrected chi connectivity index (χ4v) is 3.02. The molecule has 0 radical (unpaired) electrons. The summed E-state index contributed by atoms with van der Waals surface area (Å²) in [5.74, 6) is 1.43. The molecular weight excluding hydrogens is 340 g/mol. The zero-order chi connectivity index (χ0) is 17.4. The van der Waals surface area contributed by atoms with Crippen molar-refractivity contribution in [3.8, 4) is 11.6 Å². The van der Waals surface area contributed by atoms with Crippen LogP contribution in [0.2, 0.25) is 0 Å². The zero-order valence-corrected chi connectivity index (χ0v) is 14.8. The van der Waals surface area contributed by atoms with Crippen LogP contribution in [0.4, 0.5) is 0 Å². The maximum absolute atomic E-state index is 12.8. The second-order valence-corrected chi connectivity index (χ2v) is 6.62. The maximum atomic E-state index is 12.8. The molecule has 0 saturated heterocycles. The van der Waals surface area contributed by atoms with E-state index >= 15 is 0 Å². The lowest BCUT2D eigenvalue weighted by Crippen LogP contribution is -2.16. The third kappa shape index (κ3) is 3.14. The number of nitrogens with zero attached hydrogens (tertiary/aromatic N) is 3. The number of nitrogens with one attached hydrogen (secondary N) is 1. The van der Waals surface area contributed by atoms with Gasteiger partial charge in [0.2, 0.25) is 12.3 Å². The number of aromatic amines is 1. The van der Waals surface area contributed by atoms with Gasteiger partial charge in [-0.3, -0.25) is 14.1 Å². The number of aromatic nitrogens is 4. The Kier molecular flexibility index (Phi) is 4.22. The number of fused-ring (bicyclic) bond motifs is 1. The highest BCUT2D eigenvalue weighted by atomic mass is 32.2. The summed E-state index contributed by atoms with van der Waals surface area (Å²) < 4.78 is 12.2. The van der Waals surface area contributed by atoms with Crippen LogP contribution >= 0.6 is 12.3 Å². The molecule has 3 heterocycles. The van der Waals surface area contributed by atoms with E-state index in [1.807, 2.05) is 32.2 Å². The molecule has 0 aliphatic heterocycles. The van der Waals surface area contributed by atoms with Crippen LogP contribution in [-0.2, 0) is 4.18 Å². The van der Waals surface area contributed by atoms with Crippen molar-refractivity contribution in [1.82, 2.24) is 19.7 Å². The first-order valence-electron chi connectivity index (χ1n) is 8.21. The van der Waals surface area contributed by atoms with Crippen LogP contribution in [0.15, 0.2) is 29.3 Å². The smallest absolute Gasteiger partial charge is 0.282 e. The second kappa shape index (κ2) is 6.53. The highest BCUT2D eigenvalue weighted by Crippen LogP contribution is 2.41. The van der Waals surface area contributed by atoms with E-state index in [-0.39, 0.29) is 5.56 Å². The van der Waals surface area contributed by atoms with Gasteiger partial charge in [-0.05, 0) is 55.9 Å². The molecule has 0 unspecified atom stereocenters. The molecule has 0 amide bonds. The summed E-state index contributed by atoms with van der Waals surface area (Å²) in [5.41, 5.74) is 2.36. The Morgan fingerprint density at radius 1 is 1.32 bits per heavy atom. The van der Waals surface area contributed by atoms with Crippen LogP contribution in [0.5, 0.6) is 5.75 Å². The van der Waals surface area contributed by atoms with Gasteiger partial charge in [0, 0.05) is 12.4 Å². The van der Waals surface area contributed by atoms with Gasteiger partial charge in [-0.25, -0.2) is 9.97 Å². The van der Waals surface area contributed by atoms with Crippen molar-refractivity contribution in [2.24, 2.45) is 0 Å². The second-order valence-electron chi connectivity index (χ2n) is 6.08. The molecule has 4 rings (SSSR count). The normalized spacial score (nSPS) is 14.2. The Morgan fingerprint density at radius 3 is 2.92 bits per heavy atom. The van der Waals surface area contributed by atoms with Gasteiger partial charge in [0.15, 0.2) is 17.2 Å². The monoisotopic (exact) mass is 358 g/mol. The van der Waals surface area contributed by atoms with Crippen LogP contribution in [0.1, 0.15) is 36.8 Å². The van der Waals surface area contributed by atoms with E-state index in [1.54, 1.807) is 6.20 Å². The Hall–Kier alpha value is -2.32. The van der Waals surface area contributed by atoms with E-state index < -0.39 is 0 Å². The van der Waals surface area contributed by atoms with Crippen molar-refractivity contribution in [2.75, 3.05) is 6.61 Å². The third-order valence-corrected chi connectivity index (χ3v) is 4.66. The Morgan fingerprint density at radius 2 is 2.16 bits per heavy atom. The van der Waals surface area contributed by atoms with Crippen LogP contribution in [0, 0.1) is 6.92 Å². The average Bonchev–Trinajstić information content (AvgIpc) is 3.41. The molecule has 0 bridgehead atoms. The zero-order valence-electron chi connectivity index (χ0n) is 14.0. The molecule has 130 valence electrons. The first-order chi connectivity index (χ1) is 12.2. The summed E-state index contributed by atoms with van der Waals surface area (Å²) in [4.78, 5) is 21.5. The number of pyridine rings is 2. The van der Waals surface area contributed by atoms with Crippen LogP contribution in [0.25, 0.3) is 16.9 Å². The lowest BCUT2D eigenvalue weighted by atomic mass is 10.2. The SMILES string of the molecule is CCOSOc1cc(C2CC2)cnc1-n1[nH]c2ncc(C)cc2c1=O.